The number of non-ortho nitro benzene ring substituents is 1. The number of nitrogens with two attached hydrogens (primary N) is 2. The molecule has 0 aliphatic heterocycles. The second-order valence-corrected chi connectivity index (χ2v) is 4.15. The molecule has 0 fully saturated rings. The maximum atomic E-state index is 10.2. The standard InChI is InChI=1S/C7H8N2O2.C7H9N/c1-5-2-3-6(9(10)11)4-7(5)8;1-6-4-2-3-5-7(6)8/h2-4H,8H2,1H3;2-5H,8H2,1H3. The van der Waals surface area contributed by atoms with E-state index in [1.54, 1.807) is 13.0 Å². The lowest BCUT2D eigenvalue weighted by Gasteiger charge is -1.97. The number of anilines is 2. The number of aryl methyl sites for hydroxylation is 2. The van der Waals surface area contributed by atoms with Gasteiger partial charge in [0.15, 0.2) is 0 Å². The lowest BCUT2D eigenvalue weighted by Crippen LogP contribution is -1.92. The fourth-order valence-corrected chi connectivity index (χ4v) is 1.33. The molecule has 100 valence electrons. The molecule has 4 N–H and O–H groups in total. The molecule has 2 rings (SSSR count). The van der Waals surface area contributed by atoms with Crippen molar-refractivity contribution in [2.24, 2.45) is 0 Å². The fraction of sp³-hybridized carbons (Fsp3) is 0.143. The van der Waals surface area contributed by atoms with Crippen LogP contribution in [0.1, 0.15) is 11.1 Å². The van der Waals surface area contributed by atoms with Gasteiger partial charge in [-0.3, -0.25) is 10.1 Å². The van der Waals surface area contributed by atoms with Gasteiger partial charge in [-0.25, -0.2) is 0 Å². The Labute approximate surface area is 112 Å². The van der Waals surface area contributed by atoms with Gasteiger partial charge in [0.2, 0.25) is 0 Å². The minimum atomic E-state index is -0.462. The first-order valence-electron chi connectivity index (χ1n) is 5.73. The third-order valence-electron chi connectivity index (χ3n) is 2.66. The summed E-state index contributed by atoms with van der Waals surface area (Å²) in [6, 6.07) is 12.2. The quantitative estimate of drug-likeness (QED) is 0.467. The molecule has 0 spiro atoms. The van der Waals surface area contributed by atoms with E-state index in [9.17, 15) is 10.1 Å². The summed E-state index contributed by atoms with van der Waals surface area (Å²) in [5.41, 5.74) is 14.3. The van der Waals surface area contributed by atoms with E-state index in [4.69, 9.17) is 11.5 Å². The van der Waals surface area contributed by atoms with Gasteiger partial charge in [-0.2, -0.15) is 0 Å². The van der Waals surface area contributed by atoms with Crippen LogP contribution in [0.4, 0.5) is 17.1 Å². The lowest BCUT2D eigenvalue weighted by atomic mass is 10.2. The van der Waals surface area contributed by atoms with Crippen LogP contribution in [0.3, 0.4) is 0 Å². The van der Waals surface area contributed by atoms with Gasteiger partial charge in [0.1, 0.15) is 0 Å². The Kier molecular flexibility index (Phi) is 4.88. The zero-order chi connectivity index (χ0) is 14.4. The summed E-state index contributed by atoms with van der Waals surface area (Å²) < 4.78 is 0. The minimum Gasteiger partial charge on any atom is -0.399 e. The van der Waals surface area contributed by atoms with Crippen molar-refractivity contribution in [3.63, 3.8) is 0 Å². The van der Waals surface area contributed by atoms with Crippen molar-refractivity contribution < 1.29 is 4.92 Å². The van der Waals surface area contributed by atoms with Crippen molar-refractivity contribution in [1.82, 2.24) is 0 Å². The van der Waals surface area contributed by atoms with Crippen LogP contribution >= 0.6 is 0 Å². The van der Waals surface area contributed by atoms with Crippen LogP contribution in [-0.4, -0.2) is 4.92 Å². The van der Waals surface area contributed by atoms with Crippen LogP contribution in [0.2, 0.25) is 0 Å². The molecule has 0 atom stereocenters. The summed E-state index contributed by atoms with van der Waals surface area (Å²) in [6.45, 7) is 3.80. The normalized spacial score (nSPS) is 9.37. The first-order valence-corrected chi connectivity index (χ1v) is 5.73. The van der Waals surface area contributed by atoms with Crippen LogP contribution in [0, 0.1) is 24.0 Å². The van der Waals surface area contributed by atoms with E-state index >= 15 is 0 Å². The Balaban J connectivity index is 0.000000200. The predicted molar refractivity (Wildman–Crippen MR) is 77.8 cm³/mol. The van der Waals surface area contributed by atoms with Crippen LogP contribution < -0.4 is 11.5 Å². The van der Waals surface area contributed by atoms with Crippen LogP contribution in [-0.2, 0) is 0 Å². The monoisotopic (exact) mass is 259 g/mol. The Morgan fingerprint density at radius 1 is 0.947 bits per heavy atom. The van der Waals surface area contributed by atoms with Gasteiger partial charge in [0.05, 0.1) is 4.92 Å². The van der Waals surface area contributed by atoms with Gasteiger partial charge in [-0.15, -0.1) is 0 Å². The SMILES string of the molecule is Cc1ccc([N+](=O)[O-])cc1N.Cc1ccccc1N. The summed E-state index contributed by atoms with van der Waals surface area (Å²) in [6.07, 6.45) is 0. The molecule has 5 nitrogen and oxygen atoms in total. The van der Waals surface area contributed by atoms with Gasteiger partial charge >= 0.3 is 0 Å². The van der Waals surface area contributed by atoms with Crippen molar-refractivity contribution in [2.45, 2.75) is 13.8 Å². The van der Waals surface area contributed by atoms with E-state index in [-0.39, 0.29) is 5.69 Å². The van der Waals surface area contributed by atoms with E-state index in [1.165, 1.54) is 12.1 Å². The molecular formula is C14H17N3O2. The molecular weight excluding hydrogens is 242 g/mol. The highest BCUT2D eigenvalue weighted by atomic mass is 16.6. The number of nitro groups is 1. The largest absolute Gasteiger partial charge is 0.399 e. The second kappa shape index (κ2) is 6.39. The van der Waals surface area contributed by atoms with Gasteiger partial charge < -0.3 is 11.5 Å². The molecule has 0 saturated carbocycles. The zero-order valence-corrected chi connectivity index (χ0v) is 11.0. The van der Waals surface area contributed by atoms with Crippen molar-refractivity contribution in [1.29, 1.82) is 0 Å². The van der Waals surface area contributed by atoms with E-state index < -0.39 is 4.92 Å². The van der Waals surface area contributed by atoms with Crippen molar-refractivity contribution in [2.75, 3.05) is 11.5 Å². The summed E-state index contributed by atoms with van der Waals surface area (Å²) in [5, 5.41) is 10.2. The molecule has 0 unspecified atom stereocenters. The Bertz CT molecular complexity index is 562. The molecule has 0 heterocycles. The van der Waals surface area contributed by atoms with Crippen LogP contribution in [0.5, 0.6) is 0 Å². The Morgan fingerprint density at radius 3 is 1.95 bits per heavy atom. The average molecular weight is 259 g/mol. The van der Waals surface area contributed by atoms with Crippen LogP contribution in [0.15, 0.2) is 42.5 Å². The predicted octanol–water partition coefficient (Wildman–Crippen LogP) is 3.06. The first-order chi connectivity index (χ1) is 8.91. The molecule has 2 aromatic rings. The molecule has 0 amide bonds. The lowest BCUT2D eigenvalue weighted by molar-refractivity contribution is -0.384. The topological polar surface area (TPSA) is 95.2 Å². The Morgan fingerprint density at radius 2 is 1.53 bits per heavy atom. The van der Waals surface area contributed by atoms with Crippen molar-refractivity contribution >= 4 is 17.1 Å². The molecule has 0 bridgehead atoms. The fourth-order valence-electron chi connectivity index (χ4n) is 1.33. The molecule has 0 aromatic heterocycles. The number of rotatable bonds is 1. The van der Waals surface area contributed by atoms with Crippen molar-refractivity contribution in [3.05, 3.63) is 63.7 Å². The highest BCUT2D eigenvalue weighted by molar-refractivity contribution is 5.53. The van der Waals surface area contributed by atoms with E-state index in [0.717, 1.165) is 16.8 Å². The number of nitrogen functional groups attached to an aromatic ring is 2. The molecule has 0 radical (unpaired) electrons. The first kappa shape index (κ1) is 14.5. The average Bonchev–Trinajstić information content (AvgIpc) is 2.37. The van der Waals surface area contributed by atoms with Gasteiger partial charge in [0, 0.05) is 23.5 Å². The zero-order valence-electron chi connectivity index (χ0n) is 11.0. The third kappa shape index (κ3) is 4.31. The number of para-hydroxylation sites is 1. The second-order valence-electron chi connectivity index (χ2n) is 4.15. The van der Waals surface area contributed by atoms with E-state index in [1.807, 2.05) is 31.2 Å². The molecule has 0 aliphatic rings. The summed E-state index contributed by atoms with van der Waals surface area (Å²) in [7, 11) is 0. The van der Waals surface area contributed by atoms with Gasteiger partial charge in [0.25, 0.3) is 5.69 Å². The van der Waals surface area contributed by atoms with E-state index in [2.05, 4.69) is 0 Å². The summed E-state index contributed by atoms with van der Waals surface area (Å²) >= 11 is 0. The number of hydrogen-bond donors (Lipinski definition) is 2. The minimum absolute atomic E-state index is 0.0353. The van der Waals surface area contributed by atoms with Gasteiger partial charge in [-0.1, -0.05) is 24.3 Å². The third-order valence-corrected chi connectivity index (χ3v) is 2.66. The number of hydrogen-bond acceptors (Lipinski definition) is 4. The highest BCUT2D eigenvalue weighted by Gasteiger charge is 2.05. The maximum Gasteiger partial charge on any atom is 0.271 e. The summed E-state index contributed by atoms with van der Waals surface area (Å²) in [4.78, 5) is 9.75. The smallest absolute Gasteiger partial charge is 0.271 e. The Hall–Kier alpha value is -2.56. The van der Waals surface area contributed by atoms with Crippen LogP contribution in [0.25, 0.3) is 0 Å². The molecule has 0 aliphatic carbocycles. The molecule has 0 saturated heterocycles. The number of nitrogens with zero attached hydrogens (tertiary/aromatic N) is 1. The molecule has 19 heavy (non-hydrogen) atoms. The maximum absolute atomic E-state index is 10.2. The van der Waals surface area contributed by atoms with Gasteiger partial charge in [-0.05, 0) is 31.0 Å². The molecule has 5 heteroatoms. The van der Waals surface area contributed by atoms with Crippen molar-refractivity contribution in [3.8, 4) is 0 Å². The highest BCUT2D eigenvalue weighted by Crippen LogP contribution is 2.18. The van der Waals surface area contributed by atoms with E-state index in [0.29, 0.717) is 5.69 Å². The number of nitro benzene ring substituents is 1. The number of benzene rings is 2. The molecule has 2 aromatic carbocycles. The summed E-state index contributed by atoms with van der Waals surface area (Å²) in [5.74, 6) is 0.